The molecule has 1 aliphatic rings. The van der Waals surface area contributed by atoms with E-state index in [1.807, 2.05) is 54.6 Å². The number of halogens is 1. The van der Waals surface area contributed by atoms with Crippen molar-refractivity contribution in [2.75, 3.05) is 6.79 Å². The van der Waals surface area contributed by atoms with Crippen LogP contribution in [0.1, 0.15) is 15.9 Å². The summed E-state index contributed by atoms with van der Waals surface area (Å²) in [6, 6.07) is 22.4. The van der Waals surface area contributed by atoms with E-state index in [2.05, 4.69) is 10.5 Å². The third-order valence-electron chi connectivity index (χ3n) is 4.89. The molecule has 0 aliphatic carbocycles. The van der Waals surface area contributed by atoms with Crippen molar-refractivity contribution < 1.29 is 14.3 Å². The van der Waals surface area contributed by atoms with E-state index < -0.39 is 0 Å². The lowest BCUT2D eigenvalue weighted by Crippen LogP contribution is -2.18. The molecule has 4 aromatic rings. The molecule has 5 rings (SSSR count). The Balaban J connectivity index is 1.45. The van der Waals surface area contributed by atoms with Crippen molar-refractivity contribution in [3.8, 4) is 22.8 Å². The summed E-state index contributed by atoms with van der Waals surface area (Å²) in [4.78, 5) is 17.7. The maximum absolute atomic E-state index is 13.0. The van der Waals surface area contributed by atoms with Gasteiger partial charge in [-0.05, 0) is 18.2 Å². The van der Waals surface area contributed by atoms with Gasteiger partial charge < -0.3 is 9.47 Å². The second-order valence-corrected chi connectivity index (χ2v) is 7.27. The first-order valence-corrected chi connectivity index (χ1v) is 9.94. The van der Waals surface area contributed by atoms with Crippen LogP contribution in [-0.4, -0.2) is 23.9 Å². The number of carbonyl (C=O) groups is 1. The van der Waals surface area contributed by atoms with E-state index in [4.69, 9.17) is 26.1 Å². The zero-order valence-corrected chi connectivity index (χ0v) is 17.0. The summed E-state index contributed by atoms with van der Waals surface area (Å²) in [7, 11) is 0. The van der Waals surface area contributed by atoms with E-state index in [1.165, 1.54) is 6.21 Å². The number of rotatable bonds is 4. The van der Waals surface area contributed by atoms with Crippen LogP contribution in [0.2, 0.25) is 5.02 Å². The van der Waals surface area contributed by atoms with Crippen LogP contribution in [0.3, 0.4) is 0 Å². The fraction of sp³-hybridized carbons (Fsp3) is 0.0417. The Bertz CT molecular complexity index is 1320. The molecule has 0 atom stereocenters. The number of hydrogen-bond acceptors (Lipinski definition) is 5. The third-order valence-corrected chi connectivity index (χ3v) is 5.22. The van der Waals surface area contributed by atoms with Gasteiger partial charge >= 0.3 is 0 Å². The molecule has 0 radical (unpaired) electrons. The summed E-state index contributed by atoms with van der Waals surface area (Å²) in [5.74, 6) is 0.830. The van der Waals surface area contributed by atoms with Crippen LogP contribution < -0.4 is 14.9 Å². The Labute approximate surface area is 183 Å². The van der Waals surface area contributed by atoms with Gasteiger partial charge in [0.15, 0.2) is 11.5 Å². The summed E-state index contributed by atoms with van der Waals surface area (Å²) < 4.78 is 10.7. The van der Waals surface area contributed by atoms with Crippen LogP contribution >= 0.6 is 11.6 Å². The second-order valence-electron chi connectivity index (χ2n) is 6.86. The molecule has 0 bridgehead atoms. The first kappa shape index (κ1) is 19.1. The molecule has 1 aliphatic heterocycles. The minimum Gasteiger partial charge on any atom is -0.454 e. The highest BCUT2D eigenvalue weighted by Crippen LogP contribution is 2.36. The van der Waals surface area contributed by atoms with E-state index >= 15 is 0 Å². The Kier molecular flexibility index (Phi) is 4.98. The molecular weight excluding hydrogens is 414 g/mol. The normalized spacial score (nSPS) is 12.4. The number of benzene rings is 3. The maximum atomic E-state index is 13.0. The van der Waals surface area contributed by atoms with Gasteiger partial charge in [0.1, 0.15) is 0 Å². The molecule has 6 nitrogen and oxygen atoms in total. The highest BCUT2D eigenvalue weighted by molar-refractivity contribution is 6.33. The van der Waals surface area contributed by atoms with Crippen molar-refractivity contribution in [3.63, 3.8) is 0 Å². The van der Waals surface area contributed by atoms with Gasteiger partial charge in [0.2, 0.25) is 6.79 Å². The van der Waals surface area contributed by atoms with E-state index in [0.717, 1.165) is 16.5 Å². The fourth-order valence-corrected chi connectivity index (χ4v) is 3.57. The summed E-state index contributed by atoms with van der Waals surface area (Å²) in [5, 5.41) is 5.28. The maximum Gasteiger partial charge on any atom is 0.272 e. The van der Waals surface area contributed by atoms with Gasteiger partial charge in [0.25, 0.3) is 5.91 Å². The number of nitrogens with zero attached hydrogens (tertiary/aromatic N) is 2. The van der Waals surface area contributed by atoms with E-state index in [-0.39, 0.29) is 12.7 Å². The standard InChI is InChI=1S/C24H16ClN3O3/c25-19-12-23-22(30-14-31-23)10-16(19)13-26-28-24(29)18-11-21(15-6-2-1-3-7-15)27-20-9-5-4-8-17(18)20/h1-13H,14H2,(H,28,29)/b26-13-. The summed E-state index contributed by atoms with van der Waals surface area (Å²) in [6.45, 7) is 0.155. The smallest absolute Gasteiger partial charge is 0.272 e. The number of nitrogens with one attached hydrogen (secondary N) is 1. The molecule has 0 unspecified atom stereocenters. The van der Waals surface area contributed by atoms with Crippen molar-refractivity contribution in [3.05, 3.63) is 88.9 Å². The molecule has 3 aromatic carbocycles. The van der Waals surface area contributed by atoms with Crippen molar-refractivity contribution in [1.29, 1.82) is 0 Å². The van der Waals surface area contributed by atoms with Gasteiger partial charge in [0, 0.05) is 22.6 Å². The number of hydrogen-bond donors (Lipinski definition) is 1. The average Bonchev–Trinajstić information content (AvgIpc) is 3.26. The molecule has 1 N–H and O–H groups in total. The second kappa shape index (κ2) is 8.08. The van der Waals surface area contributed by atoms with E-state index in [9.17, 15) is 4.79 Å². The van der Waals surface area contributed by atoms with E-state index in [0.29, 0.717) is 33.3 Å². The average molecular weight is 430 g/mol. The molecular formula is C24H16ClN3O3. The molecule has 2 heterocycles. The van der Waals surface area contributed by atoms with E-state index in [1.54, 1.807) is 18.2 Å². The number of pyridine rings is 1. The SMILES string of the molecule is O=C(N/N=C\c1cc2c(cc1Cl)OCO2)c1cc(-c2ccccc2)nc2ccccc12. The number of fused-ring (bicyclic) bond motifs is 2. The van der Waals surface area contributed by atoms with Crippen molar-refractivity contribution in [1.82, 2.24) is 10.4 Å². The number of para-hydroxylation sites is 1. The van der Waals surface area contributed by atoms with Crippen LogP contribution in [0.15, 0.2) is 77.9 Å². The monoisotopic (exact) mass is 429 g/mol. The Morgan fingerprint density at radius 3 is 2.58 bits per heavy atom. The summed E-state index contributed by atoms with van der Waals surface area (Å²) in [6.07, 6.45) is 1.48. The van der Waals surface area contributed by atoms with Crippen LogP contribution in [-0.2, 0) is 0 Å². The lowest BCUT2D eigenvalue weighted by Gasteiger charge is -2.09. The van der Waals surface area contributed by atoms with Gasteiger partial charge in [0.05, 0.1) is 28.0 Å². The largest absolute Gasteiger partial charge is 0.454 e. The van der Waals surface area contributed by atoms with Gasteiger partial charge in [-0.15, -0.1) is 0 Å². The van der Waals surface area contributed by atoms with Crippen molar-refractivity contribution in [2.24, 2.45) is 5.10 Å². The van der Waals surface area contributed by atoms with Gasteiger partial charge in [-0.3, -0.25) is 4.79 Å². The molecule has 152 valence electrons. The molecule has 0 saturated carbocycles. The Morgan fingerprint density at radius 1 is 1.00 bits per heavy atom. The number of ether oxygens (including phenoxy) is 2. The van der Waals surface area contributed by atoms with Crippen LogP contribution in [0, 0.1) is 0 Å². The van der Waals surface area contributed by atoms with Gasteiger partial charge in [-0.1, -0.05) is 60.1 Å². The molecule has 1 amide bonds. The minimum atomic E-state index is -0.344. The zero-order valence-electron chi connectivity index (χ0n) is 16.2. The highest BCUT2D eigenvalue weighted by Gasteiger charge is 2.16. The fourth-order valence-electron chi connectivity index (χ4n) is 3.37. The van der Waals surface area contributed by atoms with Gasteiger partial charge in [-0.2, -0.15) is 5.10 Å². The predicted molar refractivity (Wildman–Crippen MR) is 120 cm³/mol. The summed E-state index contributed by atoms with van der Waals surface area (Å²) in [5.41, 5.74) is 6.05. The molecule has 1 aromatic heterocycles. The number of aromatic nitrogens is 1. The molecule has 0 saturated heterocycles. The number of carbonyl (C=O) groups excluding carboxylic acids is 1. The molecule has 0 fully saturated rings. The number of amides is 1. The van der Waals surface area contributed by atoms with Crippen molar-refractivity contribution >= 4 is 34.6 Å². The first-order chi connectivity index (χ1) is 15.2. The topological polar surface area (TPSA) is 72.8 Å². The first-order valence-electron chi connectivity index (χ1n) is 9.57. The van der Waals surface area contributed by atoms with Crippen LogP contribution in [0.25, 0.3) is 22.2 Å². The van der Waals surface area contributed by atoms with Gasteiger partial charge in [-0.25, -0.2) is 10.4 Å². The lowest BCUT2D eigenvalue weighted by molar-refractivity contribution is 0.0956. The van der Waals surface area contributed by atoms with Crippen LogP contribution in [0.4, 0.5) is 0 Å². The van der Waals surface area contributed by atoms with Crippen molar-refractivity contribution in [2.45, 2.75) is 0 Å². The molecule has 0 spiro atoms. The molecule has 7 heteroatoms. The molecule has 31 heavy (non-hydrogen) atoms. The number of hydrazone groups is 1. The quantitative estimate of drug-likeness (QED) is 0.364. The Hall–Kier alpha value is -3.90. The highest BCUT2D eigenvalue weighted by atomic mass is 35.5. The lowest BCUT2D eigenvalue weighted by atomic mass is 10.0. The zero-order chi connectivity index (χ0) is 21.2. The Morgan fingerprint density at radius 2 is 1.74 bits per heavy atom. The minimum absolute atomic E-state index is 0.155. The predicted octanol–water partition coefficient (Wildman–Crippen LogP) is 5.05. The van der Waals surface area contributed by atoms with Crippen LogP contribution in [0.5, 0.6) is 11.5 Å². The third kappa shape index (κ3) is 3.81. The summed E-state index contributed by atoms with van der Waals surface area (Å²) >= 11 is 6.26.